The summed E-state index contributed by atoms with van der Waals surface area (Å²) in [6, 6.07) is 10.3. The van der Waals surface area contributed by atoms with Crippen LogP contribution in [0.25, 0.3) is 0 Å². The van der Waals surface area contributed by atoms with Crippen LogP contribution in [-0.4, -0.2) is 83.0 Å². The van der Waals surface area contributed by atoms with Crippen LogP contribution < -0.4 is 23.7 Å². The molecular formula is C29H40N2O6. The summed E-state index contributed by atoms with van der Waals surface area (Å²) < 4.78 is 27.6. The lowest BCUT2D eigenvalue weighted by Crippen LogP contribution is -2.48. The minimum atomic E-state index is 0.205. The molecule has 0 bridgehead atoms. The first-order chi connectivity index (χ1) is 18.0. The van der Waals surface area contributed by atoms with Crippen LogP contribution in [-0.2, 0) is 17.6 Å². The summed E-state index contributed by atoms with van der Waals surface area (Å²) in [5.41, 5.74) is 2.22. The van der Waals surface area contributed by atoms with Crippen LogP contribution >= 0.6 is 0 Å². The second-order valence-electron chi connectivity index (χ2n) is 9.81. The number of carbonyl (C=O) groups is 1. The molecule has 2 aromatic carbocycles. The van der Waals surface area contributed by atoms with Crippen LogP contribution in [0.2, 0.25) is 0 Å². The molecule has 2 aromatic rings. The summed E-state index contributed by atoms with van der Waals surface area (Å²) in [6.45, 7) is 2.13. The second kappa shape index (κ2) is 12.4. The third kappa shape index (κ3) is 6.24. The smallest absolute Gasteiger partial charge is 0.227 e. The first kappa shape index (κ1) is 26.9. The summed E-state index contributed by atoms with van der Waals surface area (Å²) in [5.74, 6) is 3.70. The number of nitrogens with zero attached hydrogens (tertiary/aromatic N) is 2. The molecule has 8 heteroatoms. The zero-order chi connectivity index (χ0) is 26.4. The molecule has 1 saturated carbocycles. The van der Waals surface area contributed by atoms with Crippen LogP contribution in [0.5, 0.6) is 28.7 Å². The molecule has 0 spiro atoms. The van der Waals surface area contributed by atoms with E-state index < -0.39 is 0 Å². The van der Waals surface area contributed by atoms with E-state index in [9.17, 15) is 4.79 Å². The van der Waals surface area contributed by atoms with Gasteiger partial charge in [-0.3, -0.25) is 9.69 Å². The Morgan fingerprint density at radius 1 is 0.892 bits per heavy atom. The number of amides is 1. The SMILES string of the molecule is COc1ccc(OCCN(C)[C@@H]2CCC[C@H](N3CCc4cc(OC)c(OC)cc4CC3=O)C2)cc1OC. The molecule has 1 amide bonds. The fraction of sp³-hybridized carbons (Fsp3) is 0.552. The Hall–Kier alpha value is -3.13. The number of benzene rings is 2. The van der Waals surface area contributed by atoms with Gasteiger partial charge in [-0.1, -0.05) is 0 Å². The topological polar surface area (TPSA) is 69.7 Å². The van der Waals surface area contributed by atoms with E-state index in [1.165, 1.54) is 5.56 Å². The van der Waals surface area contributed by atoms with Crippen molar-refractivity contribution >= 4 is 5.91 Å². The molecule has 1 heterocycles. The molecule has 0 saturated heterocycles. The van der Waals surface area contributed by atoms with Crippen molar-refractivity contribution in [2.45, 2.75) is 50.6 Å². The lowest BCUT2D eigenvalue weighted by atomic mass is 9.89. The summed E-state index contributed by atoms with van der Waals surface area (Å²) in [5, 5.41) is 0. The van der Waals surface area contributed by atoms with Gasteiger partial charge in [-0.25, -0.2) is 0 Å². The van der Waals surface area contributed by atoms with Crippen LogP contribution in [0.1, 0.15) is 36.8 Å². The number of methoxy groups -OCH3 is 4. The number of hydrogen-bond donors (Lipinski definition) is 0. The quantitative estimate of drug-likeness (QED) is 0.477. The lowest BCUT2D eigenvalue weighted by Gasteiger charge is -2.40. The van der Waals surface area contributed by atoms with E-state index in [1.807, 2.05) is 30.3 Å². The molecule has 0 aromatic heterocycles. The van der Waals surface area contributed by atoms with Gasteiger partial charge in [0, 0.05) is 31.2 Å². The molecule has 1 aliphatic heterocycles. The standard InChI is InChI=1S/C29H40N2O6/c1-30(13-14-37-24-9-10-25(33-2)28(19-24)36-5)22-7-6-8-23(18-22)31-12-11-20-15-26(34-3)27(35-4)16-21(20)17-29(31)32/h9-10,15-16,19,22-23H,6-8,11-14,17-18H2,1-5H3/t22-,23+/m1/s1. The third-order valence-electron chi connectivity index (χ3n) is 7.74. The fourth-order valence-electron chi connectivity index (χ4n) is 5.60. The highest BCUT2D eigenvalue weighted by atomic mass is 16.5. The van der Waals surface area contributed by atoms with E-state index >= 15 is 0 Å². The van der Waals surface area contributed by atoms with E-state index in [0.717, 1.165) is 62.3 Å². The summed E-state index contributed by atoms with van der Waals surface area (Å²) >= 11 is 0. The number of ether oxygens (including phenoxy) is 5. The van der Waals surface area contributed by atoms with E-state index in [4.69, 9.17) is 23.7 Å². The van der Waals surface area contributed by atoms with Crippen molar-refractivity contribution in [2.75, 3.05) is 55.2 Å². The normalized spacial score (nSPS) is 19.7. The maximum atomic E-state index is 13.3. The van der Waals surface area contributed by atoms with Crippen molar-refractivity contribution in [3.05, 3.63) is 41.5 Å². The highest BCUT2D eigenvalue weighted by Gasteiger charge is 2.33. The predicted octanol–water partition coefficient (Wildman–Crippen LogP) is 3.97. The van der Waals surface area contributed by atoms with Crippen molar-refractivity contribution in [1.82, 2.24) is 9.80 Å². The number of fused-ring (bicyclic) bond motifs is 1. The minimum absolute atomic E-state index is 0.205. The molecule has 0 unspecified atom stereocenters. The summed E-state index contributed by atoms with van der Waals surface area (Å²) in [4.78, 5) is 17.8. The molecule has 2 atom stereocenters. The van der Waals surface area contributed by atoms with Gasteiger partial charge in [-0.2, -0.15) is 0 Å². The Morgan fingerprint density at radius 2 is 1.57 bits per heavy atom. The highest BCUT2D eigenvalue weighted by molar-refractivity contribution is 5.80. The lowest BCUT2D eigenvalue weighted by molar-refractivity contribution is -0.133. The van der Waals surface area contributed by atoms with Gasteiger partial charge in [0.05, 0.1) is 34.9 Å². The van der Waals surface area contributed by atoms with Gasteiger partial charge in [0.25, 0.3) is 0 Å². The van der Waals surface area contributed by atoms with Gasteiger partial charge in [0.1, 0.15) is 12.4 Å². The predicted molar refractivity (Wildman–Crippen MR) is 142 cm³/mol. The Labute approximate surface area is 220 Å². The van der Waals surface area contributed by atoms with Crippen molar-refractivity contribution < 1.29 is 28.5 Å². The number of carbonyl (C=O) groups excluding carboxylic acids is 1. The van der Waals surface area contributed by atoms with E-state index in [-0.39, 0.29) is 11.9 Å². The molecule has 1 fully saturated rings. The highest BCUT2D eigenvalue weighted by Crippen LogP contribution is 2.34. The van der Waals surface area contributed by atoms with Crippen LogP contribution in [0.4, 0.5) is 0 Å². The van der Waals surface area contributed by atoms with Crippen LogP contribution in [0.15, 0.2) is 30.3 Å². The third-order valence-corrected chi connectivity index (χ3v) is 7.74. The maximum absolute atomic E-state index is 13.3. The average Bonchev–Trinajstić information content (AvgIpc) is 3.09. The first-order valence-electron chi connectivity index (χ1n) is 13.1. The van der Waals surface area contributed by atoms with Crippen molar-refractivity contribution in [3.8, 4) is 28.7 Å². The van der Waals surface area contributed by atoms with Gasteiger partial charge in [0.2, 0.25) is 5.91 Å². The Bertz CT molecular complexity index is 1070. The first-order valence-corrected chi connectivity index (χ1v) is 13.1. The summed E-state index contributed by atoms with van der Waals surface area (Å²) in [7, 11) is 8.68. The molecule has 202 valence electrons. The fourth-order valence-corrected chi connectivity index (χ4v) is 5.60. The Morgan fingerprint density at radius 3 is 2.27 bits per heavy atom. The van der Waals surface area contributed by atoms with Gasteiger partial charge in [-0.05, 0) is 74.5 Å². The minimum Gasteiger partial charge on any atom is -0.493 e. The van der Waals surface area contributed by atoms with E-state index in [0.29, 0.717) is 36.3 Å². The van der Waals surface area contributed by atoms with Gasteiger partial charge in [-0.15, -0.1) is 0 Å². The zero-order valence-corrected chi connectivity index (χ0v) is 22.7. The monoisotopic (exact) mass is 512 g/mol. The second-order valence-corrected chi connectivity index (χ2v) is 9.81. The van der Waals surface area contributed by atoms with Gasteiger partial charge in [0.15, 0.2) is 23.0 Å². The van der Waals surface area contributed by atoms with Gasteiger partial charge >= 0.3 is 0 Å². The zero-order valence-electron chi connectivity index (χ0n) is 22.7. The average molecular weight is 513 g/mol. The van der Waals surface area contributed by atoms with Crippen molar-refractivity contribution in [1.29, 1.82) is 0 Å². The molecular weight excluding hydrogens is 472 g/mol. The van der Waals surface area contributed by atoms with Crippen LogP contribution in [0, 0.1) is 0 Å². The molecule has 1 aliphatic carbocycles. The van der Waals surface area contributed by atoms with E-state index in [1.54, 1.807) is 28.4 Å². The van der Waals surface area contributed by atoms with Crippen LogP contribution in [0.3, 0.4) is 0 Å². The molecule has 2 aliphatic rings. The van der Waals surface area contributed by atoms with E-state index in [2.05, 4.69) is 16.8 Å². The van der Waals surface area contributed by atoms with Gasteiger partial charge < -0.3 is 28.6 Å². The molecule has 0 radical (unpaired) electrons. The largest absolute Gasteiger partial charge is 0.493 e. The Kier molecular flexibility index (Phi) is 9.03. The Balaban J connectivity index is 1.33. The molecule has 0 N–H and O–H groups in total. The number of likely N-dealkylation sites (N-methyl/N-ethyl adjacent to an activating group) is 1. The number of rotatable bonds is 10. The van der Waals surface area contributed by atoms with Crippen molar-refractivity contribution in [3.63, 3.8) is 0 Å². The maximum Gasteiger partial charge on any atom is 0.227 e. The number of hydrogen-bond acceptors (Lipinski definition) is 7. The molecule has 4 rings (SSSR count). The molecule has 37 heavy (non-hydrogen) atoms. The summed E-state index contributed by atoms with van der Waals surface area (Å²) in [6.07, 6.45) is 5.54. The molecule has 8 nitrogen and oxygen atoms in total. The van der Waals surface area contributed by atoms with Crippen molar-refractivity contribution in [2.24, 2.45) is 0 Å².